The first-order valence-corrected chi connectivity index (χ1v) is 10.8. The molecule has 0 saturated heterocycles. The van der Waals surface area contributed by atoms with Gasteiger partial charge in [-0.3, -0.25) is 0 Å². The molecule has 0 radical (unpaired) electrons. The number of oxazole rings is 1. The average Bonchev–Trinajstić information content (AvgIpc) is 2.98. The van der Waals surface area contributed by atoms with Gasteiger partial charge in [0.2, 0.25) is 0 Å². The lowest BCUT2D eigenvalue weighted by Gasteiger charge is -2.18. The second-order valence-corrected chi connectivity index (χ2v) is 10.9. The maximum atomic E-state index is 6.29. The monoisotopic (exact) mass is 309 g/mol. The van der Waals surface area contributed by atoms with E-state index in [0.29, 0.717) is 0 Å². The molecule has 0 saturated carbocycles. The Morgan fingerprint density at radius 2 is 1.41 bits per heavy atom. The molecule has 0 aliphatic carbocycles. The lowest BCUT2D eigenvalue weighted by molar-refractivity contribution is 0.636. The van der Waals surface area contributed by atoms with Crippen molar-refractivity contribution in [1.29, 1.82) is 0 Å². The van der Waals surface area contributed by atoms with Crippen molar-refractivity contribution in [2.24, 2.45) is 0 Å². The zero-order chi connectivity index (χ0) is 16.1. The lowest BCUT2D eigenvalue weighted by Crippen LogP contribution is -2.53. The van der Waals surface area contributed by atoms with Crippen molar-refractivity contribution >= 4 is 29.9 Å². The van der Waals surface area contributed by atoms with Crippen LogP contribution in [0.15, 0.2) is 34.7 Å². The molecular weight excluding hydrogens is 286 g/mol. The molecular formula is C19H23NOSi. The van der Waals surface area contributed by atoms with Crippen molar-refractivity contribution in [2.75, 3.05) is 0 Å². The third-order valence-electron chi connectivity index (χ3n) is 5.04. The van der Waals surface area contributed by atoms with E-state index >= 15 is 0 Å². The maximum absolute atomic E-state index is 6.29. The number of hydrogen-bond donors (Lipinski definition) is 0. The lowest BCUT2D eigenvalue weighted by atomic mass is 9.98. The SMILES string of the molecule is Cc1c(C)c(C)c2oc([Si](C)(C)c3ccccc3)nc2c1C. The minimum absolute atomic E-state index is 0.921. The van der Waals surface area contributed by atoms with Crippen LogP contribution >= 0.6 is 0 Å². The number of rotatable bonds is 2. The molecule has 2 nitrogen and oxygen atoms in total. The highest BCUT2D eigenvalue weighted by atomic mass is 28.3. The Balaban J connectivity index is 2.26. The molecule has 0 bridgehead atoms. The summed E-state index contributed by atoms with van der Waals surface area (Å²) in [5, 5.41) is 1.35. The van der Waals surface area contributed by atoms with Gasteiger partial charge in [0.05, 0.1) is 0 Å². The molecule has 22 heavy (non-hydrogen) atoms. The number of benzene rings is 2. The van der Waals surface area contributed by atoms with E-state index < -0.39 is 8.07 Å². The second kappa shape index (κ2) is 5.09. The van der Waals surface area contributed by atoms with Crippen LogP contribution < -0.4 is 10.7 Å². The van der Waals surface area contributed by atoms with Gasteiger partial charge in [0.25, 0.3) is 0 Å². The van der Waals surface area contributed by atoms with Crippen molar-refractivity contribution in [3.8, 4) is 0 Å². The van der Waals surface area contributed by atoms with Crippen molar-refractivity contribution in [2.45, 2.75) is 40.8 Å². The van der Waals surface area contributed by atoms with E-state index in [2.05, 4.69) is 71.1 Å². The van der Waals surface area contributed by atoms with Crippen LogP contribution in [0.1, 0.15) is 22.3 Å². The summed E-state index contributed by atoms with van der Waals surface area (Å²) in [5.74, 6) is 0. The predicted molar refractivity (Wildman–Crippen MR) is 96.1 cm³/mol. The van der Waals surface area contributed by atoms with E-state index in [1.165, 1.54) is 27.4 Å². The Morgan fingerprint density at radius 1 is 0.818 bits per heavy atom. The Hall–Kier alpha value is -1.87. The zero-order valence-corrected chi connectivity index (χ0v) is 15.2. The number of aromatic nitrogens is 1. The average molecular weight is 309 g/mol. The summed E-state index contributed by atoms with van der Waals surface area (Å²) >= 11 is 0. The molecule has 3 aromatic rings. The topological polar surface area (TPSA) is 26.0 Å². The molecule has 0 amide bonds. The summed E-state index contributed by atoms with van der Waals surface area (Å²) < 4.78 is 6.29. The van der Waals surface area contributed by atoms with E-state index in [0.717, 1.165) is 16.6 Å². The summed E-state index contributed by atoms with van der Waals surface area (Å²) in [6.45, 7) is 13.2. The summed E-state index contributed by atoms with van der Waals surface area (Å²) in [6.07, 6.45) is 0. The van der Waals surface area contributed by atoms with E-state index in [-0.39, 0.29) is 0 Å². The molecule has 0 spiro atoms. The molecule has 0 atom stereocenters. The van der Waals surface area contributed by atoms with Gasteiger partial charge in [0, 0.05) is 0 Å². The Labute approximate surface area is 133 Å². The van der Waals surface area contributed by atoms with Crippen LogP contribution in [0.2, 0.25) is 13.1 Å². The van der Waals surface area contributed by atoms with Crippen LogP contribution in [0.3, 0.4) is 0 Å². The first-order valence-electron chi connectivity index (χ1n) is 7.77. The molecule has 1 aromatic heterocycles. The first kappa shape index (κ1) is 15.0. The normalized spacial score (nSPS) is 12.1. The van der Waals surface area contributed by atoms with Crippen LogP contribution in [0.5, 0.6) is 0 Å². The number of nitrogens with zero attached hydrogens (tertiary/aromatic N) is 1. The molecule has 3 heteroatoms. The smallest absolute Gasteiger partial charge is 0.181 e. The van der Waals surface area contributed by atoms with Crippen LogP contribution in [-0.2, 0) is 0 Å². The molecule has 0 aliphatic rings. The van der Waals surface area contributed by atoms with Gasteiger partial charge in [-0.1, -0.05) is 43.4 Å². The van der Waals surface area contributed by atoms with Gasteiger partial charge in [-0.05, 0) is 55.1 Å². The molecule has 0 N–H and O–H groups in total. The molecule has 0 fully saturated rings. The Kier molecular flexibility index (Phi) is 3.48. The molecule has 0 unspecified atom stereocenters. The highest BCUT2D eigenvalue weighted by Crippen LogP contribution is 2.28. The van der Waals surface area contributed by atoms with Crippen molar-refractivity contribution < 1.29 is 4.42 Å². The second-order valence-electron chi connectivity index (χ2n) is 6.69. The third kappa shape index (κ3) is 2.12. The van der Waals surface area contributed by atoms with E-state index in [1.54, 1.807) is 0 Å². The van der Waals surface area contributed by atoms with Crippen molar-refractivity contribution in [3.05, 3.63) is 52.6 Å². The number of aryl methyl sites for hydroxylation is 2. The van der Waals surface area contributed by atoms with Gasteiger partial charge in [-0.2, -0.15) is 0 Å². The fourth-order valence-corrected chi connectivity index (χ4v) is 5.01. The van der Waals surface area contributed by atoms with E-state index in [1.807, 2.05) is 0 Å². The maximum Gasteiger partial charge on any atom is 0.181 e. The van der Waals surface area contributed by atoms with Gasteiger partial charge in [0.15, 0.2) is 19.2 Å². The van der Waals surface area contributed by atoms with Crippen LogP contribution in [0.4, 0.5) is 0 Å². The minimum Gasteiger partial charge on any atom is -0.445 e. The van der Waals surface area contributed by atoms with Gasteiger partial charge >= 0.3 is 0 Å². The molecule has 1 heterocycles. The first-order chi connectivity index (χ1) is 10.3. The van der Waals surface area contributed by atoms with Gasteiger partial charge < -0.3 is 4.42 Å². The van der Waals surface area contributed by atoms with Gasteiger partial charge in [-0.15, -0.1) is 0 Å². The summed E-state index contributed by atoms with van der Waals surface area (Å²) in [5.41, 5.74) is 8.01. The zero-order valence-electron chi connectivity index (χ0n) is 14.2. The fraction of sp³-hybridized carbons (Fsp3) is 0.316. The molecule has 114 valence electrons. The molecule has 2 aromatic carbocycles. The summed E-state index contributed by atoms with van der Waals surface area (Å²) in [6, 6.07) is 10.6. The van der Waals surface area contributed by atoms with Gasteiger partial charge in [0.1, 0.15) is 5.52 Å². The number of fused-ring (bicyclic) bond motifs is 1. The Bertz CT molecular complexity index is 802. The standard InChI is InChI=1S/C19H23NOSi/c1-12-13(2)15(4)18-17(14(12)3)20-19(21-18)22(5,6)16-10-8-7-9-11-16/h7-11H,1-6H3. The van der Waals surface area contributed by atoms with E-state index in [9.17, 15) is 0 Å². The predicted octanol–water partition coefficient (Wildman–Crippen LogP) is 3.88. The van der Waals surface area contributed by atoms with Crippen molar-refractivity contribution in [1.82, 2.24) is 4.98 Å². The van der Waals surface area contributed by atoms with Crippen molar-refractivity contribution in [3.63, 3.8) is 0 Å². The molecule has 3 rings (SSSR count). The van der Waals surface area contributed by atoms with Crippen LogP contribution in [0.25, 0.3) is 11.1 Å². The third-order valence-corrected chi connectivity index (χ3v) is 8.10. The Morgan fingerprint density at radius 3 is 2.05 bits per heavy atom. The largest absolute Gasteiger partial charge is 0.445 e. The summed E-state index contributed by atoms with van der Waals surface area (Å²) in [7, 11) is -1.90. The van der Waals surface area contributed by atoms with E-state index in [4.69, 9.17) is 9.40 Å². The highest BCUT2D eigenvalue weighted by molar-refractivity contribution is 6.99. The minimum atomic E-state index is -1.90. The quantitative estimate of drug-likeness (QED) is 0.671. The number of hydrogen-bond acceptors (Lipinski definition) is 2. The van der Waals surface area contributed by atoms with Gasteiger partial charge in [-0.25, -0.2) is 4.98 Å². The summed E-state index contributed by atoms with van der Waals surface area (Å²) in [4.78, 5) is 4.92. The fourth-order valence-electron chi connectivity index (χ4n) is 2.98. The van der Waals surface area contributed by atoms with Crippen LogP contribution in [-0.4, -0.2) is 13.1 Å². The van der Waals surface area contributed by atoms with Crippen LogP contribution in [0, 0.1) is 27.7 Å². The molecule has 0 aliphatic heterocycles. The highest BCUT2D eigenvalue weighted by Gasteiger charge is 2.32.